The predicted molar refractivity (Wildman–Crippen MR) is 480 cm³/mol. The van der Waals surface area contributed by atoms with Gasteiger partial charge in [-0.15, -0.1) is 0 Å². The normalized spacial score (nSPS) is 13.0. The topological polar surface area (TPSA) is 595 Å². The van der Waals surface area contributed by atoms with Gasteiger partial charge < -0.3 is 89.0 Å². The van der Waals surface area contributed by atoms with Crippen LogP contribution < -0.4 is 47.3 Å². The first-order valence-corrected chi connectivity index (χ1v) is 56.2. The summed E-state index contributed by atoms with van der Waals surface area (Å²) in [6.07, 6.45) is 4.83. The van der Waals surface area contributed by atoms with E-state index in [1.54, 1.807) is 112 Å². The molecule has 48 heteroatoms. The molecule has 19 N–H and O–H groups in total. The van der Waals surface area contributed by atoms with Crippen LogP contribution in [0.15, 0.2) is 121 Å². The smallest absolute Gasteiger partial charge is 0.323 e. The van der Waals surface area contributed by atoms with Crippen molar-refractivity contribution < 1.29 is 217 Å². The molecule has 0 bridgehead atoms. The summed E-state index contributed by atoms with van der Waals surface area (Å²) in [5, 5.41) is 62.3. The first-order valence-electron chi connectivity index (χ1n) is 38.3. The van der Waals surface area contributed by atoms with Gasteiger partial charge in [0.2, 0.25) is 20.7 Å². The van der Waals surface area contributed by atoms with E-state index in [-0.39, 0.29) is 170 Å². The van der Waals surface area contributed by atoms with Crippen molar-refractivity contribution in [2.24, 2.45) is 16.7 Å². The van der Waals surface area contributed by atoms with Gasteiger partial charge in [0.05, 0.1) is 46.2 Å². The number of ether oxygens (including phenoxy) is 7. The molecule has 0 saturated heterocycles. The van der Waals surface area contributed by atoms with Crippen LogP contribution >= 0.6 is 72.8 Å². The van der Waals surface area contributed by atoms with Gasteiger partial charge in [-0.25, -0.2) is 28.4 Å². The second-order valence-electron chi connectivity index (χ2n) is 27.7. The summed E-state index contributed by atoms with van der Waals surface area (Å²) in [6, 6.07) is 28.1. The van der Waals surface area contributed by atoms with Crippen LogP contribution in [0.1, 0.15) is 108 Å². The van der Waals surface area contributed by atoms with E-state index in [4.69, 9.17) is 61.9 Å². The maximum Gasteiger partial charge on any atom is 0.323 e. The third-order valence-electron chi connectivity index (χ3n) is 13.7. The Morgan fingerprint density at radius 2 is 0.560 bits per heavy atom. The van der Waals surface area contributed by atoms with Gasteiger partial charge >= 0.3 is 29.8 Å². The van der Waals surface area contributed by atoms with Gasteiger partial charge in [0, 0.05) is 143 Å². The van der Waals surface area contributed by atoms with Crippen molar-refractivity contribution in [2.75, 3.05) is 106 Å². The van der Waals surface area contributed by atoms with E-state index in [1.165, 1.54) is 76.4 Å². The monoisotopic (exact) mass is 2200 g/mol. The van der Waals surface area contributed by atoms with Crippen LogP contribution in [-0.4, -0.2) is 214 Å². The Bertz CT molecular complexity index is 3990. The molecular weight excluding hydrogens is 2070 g/mol. The fourth-order valence-electron chi connectivity index (χ4n) is 8.74. The molecule has 0 aliphatic rings. The van der Waals surface area contributed by atoms with Gasteiger partial charge in [-0.2, -0.15) is 0 Å². The zero-order valence-electron chi connectivity index (χ0n) is 73.6. The molecule has 706 valence electrons. The standard InChI is InChI=1S/C25H35N2O7P.C14H22NO4P.C13H20NO5P.C12H17NO3.C9H17N2O5P.C2H7O2P.CH3Cl2OP.CH7N2OP.2Pr/c1-4-14-33-24(30)22(16-18-6-10-20(28)11-7-18)26-35(3,32)27-23(25(31)34-15-5-2)17-19-8-12-21(29)13-9-19;1-4-9-19-14(17)13(15-20(2,3)18)10-11-5-7-12(16)8-6-11;1-3-8-19-13(16)12(14-20(2,17)18)9-10-4-6-11(15)7-5-10;1-2-7-16-12(15)11(13)8-9-3-5-10(14)6-4-9;1-4-15-8(12)6-10-17(3,14)11-7-9(13)16-5-2;3*1-5(2,3)4;;/h6-13,22-23,28-29H,4-5,14-17H2,1-3H3,(H2,26,27,32);5-8,13,16H,4,9-10H2,1-3H3,(H,15,18);4-7,12,15H,3,8-9H2,1-2H3,(H2,14,17,18);3-6,11,14H,2,7-8,13H2,1H3;6-7H,4-5H2,1-3H3,(H2,10,11,14);1-2H3,(H,3,4);1H3;1H3,(H4,2,3,4);;/q;;;;-2;;;;;. The van der Waals surface area contributed by atoms with Crippen LogP contribution in [-0.2, 0) is 131 Å². The van der Waals surface area contributed by atoms with Crippen molar-refractivity contribution in [1.29, 1.82) is 0 Å². The Balaban J connectivity index is -0.000000470. The van der Waals surface area contributed by atoms with Crippen molar-refractivity contribution in [3.05, 3.63) is 162 Å². The van der Waals surface area contributed by atoms with Gasteiger partial charge in [-0.05, 0) is 189 Å². The van der Waals surface area contributed by atoms with E-state index in [2.05, 4.69) is 51.0 Å². The summed E-state index contributed by atoms with van der Waals surface area (Å²) in [7, 11) is -17.9. The first-order chi connectivity index (χ1) is 56.8. The Hall–Kier alpha value is -4.39. The molecule has 37 nitrogen and oxygen atoms in total. The molecule has 0 saturated carbocycles. The van der Waals surface area contributed by atoms with Crippen molar-refractivity contribution >= 4 is 115 Å². The number of benzene rings is 5. The fraction of sp³-hybridized carbons (Fsp3) is 0.494. The summed E-state index contributed by atoms with van der Waals surface area (Å²) in [5.74, 6) is -5.74. The van der Waals surface area contributed by atoms with Crippen molar-refractivity contribution in [3.63, 3.8) is 0 Å². The number of esters is 7. The van der Waals surface area contributed by atoms with E-state index < -0.39 is 116 Å². The minimum atomic E-state index is -3.55. The quantitative estimate of drug-likeness (QED) is 0.00748. The molecular formula is C77H128Cl2N9O28P7Pr2-2. The number of phenolic OH excluding ortho intramolecular Hbond substituents is 5. The fourth-order valence-corrected chi connectivity index (χ4v) is 12.9. The number of carbonyl (C=O) groups is 7. The molecule has 0 spiro atoms. The number of rotatable bonds is 41. The van der Waals surface area contributed by atoms with E-state index >= 15 is 0 Å². The molecule has 5 aromatic carbocycles. The summed E-state index contributed by atoms with van der Waals surface area (Å²) < 4.78 is 113. The maximum atomic E-state index is 13.6. The first kappa shape index (κ1) is 129. The van der Waals surface area contributed by atoms with Crippen molar-refractivity contribution in [2.45, 2.75) is 143 Å². The Morgan fingerprint density at radius 1 is 0.360 bits per heavy atom. The van der Waals surface area contributed by atoms with Crippen LogP contribution in [0.5, 0.6) is 28.7 Å². The predicted octanol–water partition coefficient (Wildman–Crippen LogP) is 11.8. The summed E-state index contributed by atoms with van der Waals surface area (Å²) in [5.41, 5.74) is 19.0. The molecule has 0 aliphatic heterocycles. The third-order valence-corrected chi connectivity index (χ3v) is 18.3. The Labute approximate surface area is 810 Å². The molecule has 0 fully saturated rings. The number of hydrogen-bond acceptors (Lipinski definition) is 27. The summed E-state index contributed by atoms with van der Waals surface area (Å²) in [6.45, 7) is 28.8. The zero-order valence-corrected chi connectivity index (χ0v) is 88.8. The third kappa shape index (κ3) is 80.2. The second kappa shape index (κ2) is 69.5. The van der Waals surface area contributed by atoms with Crippen molar-refractivity contribution in [1.82, 2.24) is 30.5 Å². The van der Waals surface area contributed by atoms with Gasteiger partial charge in [0.25, 0.3) is 7.52 Å². The number of nitrogens with two attached hydrogens (primary N) is 3. The number of aromatic hydroxyl groups is 5. The molecule has 0 aromatic heterocycles. The van der Waals surface area contributed by atoms with Gasteiger partial charge in [0.15, 0.2) is 26.8 Å². The molecule has 2 radical (unpaired) electrons. The van der Waals surface area contributed by atoms with E-state index in [9.17, 15) is 90.8 Å². The molecule has 125 heavy (non-hydrogen) atoms. The molecule has 5 rings (SSSR count). The summed E-state index contributed by atoms with van der Waals surface area (Å²) in [4.78, 5) is 100. The summed E-state index contributed by atoms with van der Waals surface area (Å²) >= 11 is 9.70. The largest absolute Gasteiger partial charge is 0.508 e. The molecule has 0 amide bonds. The van der Waals surface area contributed by atoms with E-state index in [1.807, 2.05) is 34.6 Å². The average Bonchev–Trinajstić information content (AvgIpc) is 0.833. The van der Waals surface area contributed by atoms with E-state index in [0.717, 1.165) is 60.4 Å². The van der Waals surface area contributed by atoms with Crippen molar-refractivity contribution in [3.8, 4) is 28.7 Å². The zero-order chi connectivity index (χ0) is 95.0. The molecule has 6 atom stereocenters. The van der Waals surface area contributed by atoms with Gasteiger partial charge in [-0.3, -0.25) is 77.0 Å². The Kier molecular flexibility index (Phi) is 71.8. The Morgan fingerprint density at radius 3 is 0.760 bits per heavy atom. The van der Waals surface area contributed by atoms with Crippen LogP contribution in [0.3, 0.4) is 0 Å². The molecule has 5 aromatic rings. The number of halogens is 2. The number of carbonyl (C=O) groups excluding carboxylic acids is 7. The second-order valence-corrected chi connectivity index (χ2v) is 48.0. The van der Waals surface area contributed by atoms with Crippen LogP contribution in [0, 0.1) is 95.7 Å². The van der Waals surface area contributed by atoms with Crippen LogP contribution in [0.4, 0.5) is 0 Å². The SMILES string of the molecule is CCCOC(=O)C(Cc1ccc(O)cc1)NP(C)(=O)NC(Cc1ccc(O)cc1)C(=O)OCCC.CCCOC(=O)C(Cc1ccc(O)cc1)NP(C)(=O)O.CCCOC(=O)C(Cc1ccc(O)cc1)NP(C)(C)=O.CCCOC(=O)C(N)Cc1ccc(O)cc1.CCOC(=O)[CH-]NP(C)(=O)N[CH-]C(=O)OCC.CP(=O)(Cl)Cl.CP(C)(=O)O.CP(N)(N)=O.[Pr].[Pr]. The van der Waals surface area contributed by atoms with Gasteiger partial charge in [0.1, 0.15) is 66.2 Å². The molecule has 0 heterocycles. The number of nitrogens with one attached hydrogen (secondary N) is 6. The van der Waals surface area contributed by atoms with E-state index in [0.29, 0.717) is 45.3 Å². The maximum absolute atomic E-state index is 13.6. The minimum Gasteiger partial charge on any atom is -0.508 e. The van der Waals surface area contributed by atoms with Crippen LogP contribution in [0.25, 0.3) is 0 Å². The van der Waals surface area contributed by atoms with Gasteiger partial charge in [-0.1, -0.05) is 95.3 Å². The average molecular weight is 2200 g/mol. The minimum absolute atomic E-state index is 0. The molecule has 0 aliphatic carbocycles. The number of hydrogen-bond donors (Lipinski definition) is 16. The number of phenols is 5. The van der Waals surface area contributed by atoms with Crippen LogP contribution in [0.2, 0.25) is 0 Å². The molecule has 6 unspecified atom stereocenters.